The van der Waals surface area contributed by atoms with Gasteiger partial charge in [0.2, 0.25) is 0 Å². The van der Waals surface area contributed by atoms with Gasteiger partial charge in [-0.05, 0) is 60.7 Å². The van der Waals surface area contributed by atoms with Crippen molar-refractivity contribution in [3.05, 3.63) is 79.1 Å². The number of rotatable bonds is 6. The summed E-state index contributed by atoms with van der Waals surface area (Å²) in [5.74, 6) is 0.0920. The second-order valence-corrected chi connectivity index (χ2v) is 8.33. The molecule has 2 N–H and O–H groups in total. The number of morpholine rings is 1. The number of para-hydroxylation sites is 2. The fraction of sp³-hybridized carbons (Fsp3) is 0.192. The molecule has 1 aliphatic rings. The summed E-state index contributed by atoms with van der Waals surface area (Å²) < 4.78 is 47.8. The highest BCUT2D eigenvalue weighted by molar-refractivity contribution is 6.02. The van der Waals surface area contributed by atoms with E-state index >= 15 is 0 Å². The van der Waals surface area contributed by atoms with Crippen molar-refractivity contribution in [1.29, 1.82) is 0 Å². The number of carbonyl (C=O) groups is 1. The van der Waals surface area contributed by atoms with E-state index in [1.54, 1.807) is 24.3 Å². The molecule has 2 amide bonds. The van der Waals surface area contributed by atoms with E-state index in [9.17, 15) is 18.0 Å². The third-order valence-corrected chi connectivity index (χ3v) is 5.73. The number of urea groups is 1. The third-order valence-electron chi connectivity index (χ3n) is 5.73. The van der Waals surface area contributed by atoms with Gasteiger partial charge in [-0.1, -0.05) is 12.1 Å². The number of amides is 2. The molecule has 1 aromatic heterocycles. The van der Waals surface area contributed by atoms with Crippen LogP contribution in [0.4, 0.5) is 35.0 Å². The van der Waals surface area contributed by atoms with Crippen molar-refractivity contribution in [1.82, 2.24) is 14.8 Å². The fourth-order valence-corrected chi connectivity index (χ4v) is 3.97. The Bertz CT molecular complexity index is 1380. The molecule has 9 nitrogen and oxygen atoms in total. The summed E-state index contributed by atoms with van der Waals surface area (Å²) in [6, 6.07) is 19.5. The average molecular weight is 525 g/mol. The standard InChI is InChI=1S/C26H23F3N6O3/c27-26(28,29)38-21-11-9-20(10-12-21)35-17-30-24(33-35)18-5-7-19(8-6-18)31-25(36)32-22-3-1-2-4-23(22)34-13-15-37-16-14-34/h1-12,17H,13-16H2,(H2,31,32,36). The number of nitrogens with zero attached hydrogens (tertiary/aromatic N) is 4. The van der Waals surface area contributed by atoms with E-state index in [0.717, 1.165) is 18.8 Å². The van der Waals surface area contributed by atoms with Gasteiger partial charge >= 0.3 is 12.4 Å². The number of nitrogens with one attached hydrogen (secondary N) is 2. The van der Waals surface area contributed by atoms with Gasteiger partial charge in [-0.2, -0.15) is 0 Å². The second-order valence-electron chi connectivity index (χ2n) is 8.33. The largest absolute Gasteiger partial charge is 0.573 e. The number of halogens is 3. The summed E-state index contributed by atoms with van der Waals surface area (Å²) in [5, 5.41) is 10.1. The lowest BCUT2D eigenvalue weighted by Gasteiger charge is -2.30. The van der Waals surface area contributed by atoms with Gasteiger partial charge in [0.1, 0.15) is 12.1 Å². The normalized spacial score (nSPS) is 13.7. The van der Waals surface area contributed by atoms with Crippen molar-refractivity contribution in [2.75, 3.05) is 41.8 Å². The zero-order valence-electron chi connectivity index (χ0n) is 20.0. The summed E-state index contributed by atoms with van der Waals surface area (Å²) in [6.07, 6.45) is -3.29. The molecule has 0 aliphatic carbocycles. The quantitative estimate of drug-likeness (QED) is 0.355. The van der Waals surface area contributed by atoms with Crippen molar-refractivity contribution in [2.24, 2.45) is 0 Å². The minimum atomic E-state index is -4.75. The molecular formula is C26H23F3N6O3. The van der Waals surface area contributed by atoms with Crippen molar-refractivity contribution < 1.29 is 27.4 Å². The van der Waals surface area contributed by atoms with Crippen LogP contribution >= 0.6 is 0 Å². The second kappa shape index (κ2) is 10.8. The Morgan fingerprint density at radius 2 is 1.63 bits per heavy atom. The van der Waals surface area contributed by atoms with Crippen molar-refractivity contribution in [3.8, 4) is 22.8 Å². The number of carbonyl (C=O) groups excluding carboxylic acids is 1. The first-order valence-electron chi connectivity index (χ1n) is 11.7. The minimum absolute atomic E-state index is 0.321. The highest BCUT2D eigenvalue weighted by Gasteiger charge is 2.31. The van der Waals surface area contributed by atoms with Gasteiger partial charge in [-0.15, -0.1) is 18.3 Å². The molecule has 1 fully saturated rings. The lowest BCUT2D eigenvalue weighted by molar-refractivity contribution is -0.274. The molecule has 0 radical (unpaired) electrons. The number of alkyl halides is 3. The highest BCUT2D eigenvalue weighted by Crippen LogP contribution is 2.27. The molecule has 5 rings (SSSR count). The Morgan fingerprint density at radius 1 is 0.921 bits per heavy atom. The zero-order valence-corrected chi connectivity index (χ0v) is 20.0. The van der Waals surface area contributed by atoms with Crippen LogP contribution in [0.1, 0.15) is 0 Å². The Balaban J connectivity index is 1.21. The van der Waals surface area contributed by atoms with E-state index in [1.807, 2.05) is 24.3 Å². The molecule has 0 unspecified atom stereocenters. The molecule has 0 saturated carbocycles. The monoisotopic (exact) mass is 524 g/mol. The number of ether oxygens (including phenoxy) is 2. The maximum atomic E-state index is 12.7. The molecule has 0 spiro atoms. The topological polar surface area (TPSA) is 93.5 Å². The average Bonchev–Trinajstić information content (AvgIpc) is 3.40. The predicted molar refractivity (Wildman–Crippen MR) is 136 cm³/mol. The summed E-state index contributed by atoms with van der Waals surface area (Å²) in [6.45, 7) is 2.79. The summed E-state index contributed by atoms with van der Waals surface area (Å²) in [7, 11) is 0. The van der Waals surface area contributed by atoms with E-state index in [0.29, 0.717) is 41.7 Å². The number of benzene rings is 3. The first-order chi connectivity index (χ1) is 18.3. The van der Waals surface area contributed by atoms with E-state index in [2.05, 4.69) is 30.4 Å². The van der Waals surface area contributed by atoms with Crippen LogP contribution in [0.15, 0.2) is 79.1 Å². The maximum absolute atomic E-state index is 12.7. The number of aromatic nitrogens is 3. The van der Waals surface area contributed by atoms with Gasteiger partial charge in [-0.3, -0.25) is 0 Å². The van der Waals surface area contributed by atoms with Crippen LogP contribution in [0.2, 0.25) is 0 Å². The van der Waals surface area contributed by atoms with Crippen LogP contribution in [0, 0.1) is 0 Å². The molecule has 4 aromatic rings. The Hall–Kier alpha value is -4.58. The first-order valence-corrected chi connectivity index (χ1v) is 11.7. The molecule has 3 aromatic carbocycles. The van der Waals surface area contributed by atoms with Crippen LogP contribution < -0.4 is 20.3 Å². The van der Waals surface area contributed by atoms with Crippen molar-refractivity contribution in [3.63, 3.8) is 0 Å². The van der Waals surface area contributed by atoms with Crippen LogP contribution in [0.3, 0.4) is 0 Å². The van der Waals surface area contributed by atoms with Crippen LogP contribution in [0.25, 0.3) is 17.1 Å². The van der Waals surface area contributed by atoms with Gasteiger partial charge in [0.25, 0.3) is 0 Å². The molecule has 0 atom stereocenters. The van der Waals surface area contributed by atoms with Crippen LogP contribution in [0.5, 0.6) is 5.75 Å². The third kappa shape index (κ3) is 6.21. The number of anilines is 3. The summed E-state index contributed by atoms with van der Waals surface area (Å²) in [5.41, 5.74) is 3.44. The van der Waals surface area contributed by atoms with Crippen molar-refractivity contribution >= 4 is 23.1 Å². The van der Waals surface area contributed by atoms with Crippen LogP contribution in [-0.2, 0) is 4.74 Å². The number of hydrogen-bond donors (Lipinski definition) is 2. The predicted octanol–water partition coefficient (Wildman–Crippen LogP) is 5.31. The van der Waals surface area contributed by atoms with Gasteiger partial charge < -0.3 is 25.0 Å². The van der Waals surface area contributed by atoms with E-state index in [1.165, 1.54) is 35.3 Å². The molecule has 12 heteroatoms. The fourth-order valence-electron chi connectivity index (χ4n) is 3.97. The van der Waals surface area contributed by atoms with Gasteiger partial charge in [0.15, 0.2) is 5.82 Å². The molecule has 1 saturated heterocycles. The smallest absolute Gasteiger partial charge is 0.406 e. The Kier molecular flexibility index (Phi) is 7.13. The Morgan fingerprint density at radius 3 is 2.34 bits per heavy atom. The minimum Gasteiger partial charge on any atom is -0.406 e. The molecule has 1 aliphatic heterocycles. The van der Waals surface area contributed by atoms with E-state index in [-0.39, 0.29) is 11.8 Å². The van der Waals surface area contributed by atoms with E-state index in [4.69, 9.17) is 4.74 Å². The van der Waals surface area contributed by atoms with Gasteiger partial charge in [0.05, 0.1) is 30.3 Å². The summed E-state index contributed by atoms with van der Waals surface area (Å²) >= 11 is 0. The van der Waals surface area contributed by atoms with Gasteiger partial charge in [0, 0.05) is 24.3 Å². The zero-order chi connectivity index (χ0) is 26.5. The van der Waals surface area contributed by atoms with E-state index < -0.39 is 6.36 Å². The van der Waals surface area contributed by atoms with Gasteiger partial charge in [-0.25, -0.2) is 14.5 Å². The van der Waals surface area contributed by atoms with Crippen molar-refractivity contribution in [2.45, 2.75) is 6.36 Å². The number of hydrogen-bond acceptors (Lipinski definition) is 6. The lowest BCUT2D eigenvalue weighted by atomic mass is 10.2. The summed E-state index contributed by atoms with van der Waals surface area (Å²) in [4.78, 5) is 19.1. The Labute approximate surface area is 215 Å². The maximum Gasteiger partial charge on any atom is 0.573 e. The SMILES string of the molecule is O=C(Nc1ccc(-c2ncn(-c3ccc(OC(F)(F)F)cc3)n2)cc1)Nc1ccccc1N1CCOCC1. The molecule has 0 bridgehead atoms. The molecule has 2 heterocycles. The highest BCUT2D eigenvalue weighted by atomic mass is 19.4. The lowest BCUT2D eigenvalue weighted by Crippen LogP contribution is -2.36. The molecular weight excluding hydrogens is 501 g/mol. The molecule has 38 heavy (non-hydrogen) atoms. The molecule has 196 valence electrons. The first kappa shape index (κ1) is 25.1. The van der Waals surface area contributed by atoms with Crippen LogP contribution in [-0.4, -0.2) is 53.5 Å².